The van der Waals surface area contributed by atoms with Gasteiger partial charge >= 0.3 is 43.7 Å². The van der Waals surface area contributed by atoms with E-state index in [0.717, 1.165) is 13.0 Å². The molecule has 4 heteroatoms. The zero-order valence-electron chi connectivity index (χ0n) is 15.8. The molecule has 0 spiro atoms. The number of unbranched alkanes of at least 4 members (excludes halogenated alkanes) is 15. The van der Waals surface area contributed by atoms with E-state index >= 15 is 0 Å². The van der Waals surface area contributed by atoms with Crippen LogP contribution in [0.5, 0.6) is 0 Å². The summed E-state index contributed by atoms with van der Waals surface area (Å²) in [6, 6.07) is 0. The van der Waals surface area contributed by atoms with Crippen molar-refractivity contribution in [1.82, 2.24) is 5.48 Å². The van der Waals surface area contributed by atoms with E-state index in [-0.39, 0.29) is 43.7 Å². The van der Waals surface area contributed by atoms with Crippen LogP contribution >= 0.6 is 0 Å². The van der Waals surface area contributed by atoms with E-state index in [1.807, 2.05) is 0 Å². The van der Waals surface area contributed by atoms with Crippen molar-refractivity contribution in [2.45, 2.75) is 117 Å². The molecule has 0 fully saturated rings. The van der Waals surface area contributed by atoms with Gasteiger partial charge in [-0.05, 0) is 6.42 Å². The second-order valence-electron chi connectivity index (χ2n) is 6.79. The quantitative estimate of drug-likeness (QED) is 0.200. The Hall–Kier alpha value is 0.690. The van der Waals surface area contributed by atoms with Crippen molar-refractivity contribution in [3.63, 3.8) is 0 Å². The zero-order chi connectivity index (χ0) is 17.0. The Bertz CT molecular complexity index is 250. The molecule has 0 aliphatic carbocycles. The van der Waals surface area contributed by atoms with Crippen LogP contribution in [0.1, 0.15) is 117 Å². The van der Waals surface area contributed by atoms with Gasteiger partial charge in [-0.2, -0.15) is 5.48 Å². The fourth-order valence-corrected chi connectivity index (χ4v) is 2.90. The van der Waals surface area contributed by atoms with Crippen molar-refractivity contribution in [2.24, 2.45) is 0 Å². The monoisotopic (exact) mass is 369 g/mol. The summed E-state index contributed by atoms with van der Waals surface area (Å²) in [5.41, 5.74) is 2.68. The summed E-state index contributed by atoms with van der Waals surface area (Å²) >= 11 is 0. The van der Waals surface area contributed by atoms with Gasteiger partial charge < -0.3 is 4.84 Å². The third-order valence-electron chi connectivity index (χ3n) is 4.35. The summed E-state index contributed by atoms with van der Waals surface area (Å²) in [4.78, 5) is 15.2. The average Bonchev–Trinajstić information content (AvgIpc) is 2.53. The van der Waals surface area contributed by atoms with E-state index in [1.54, 1.807) is 0 Å². The second kappa shape index (κ2) is 23.7. The van der Waals surface area contributed by atoms with Crippen molar-refractivity contribution in [3.05, 3.63) is 0 Å². The van der Waals surface area contributed by atoms with Crippen LogP contribution in [0.4, 0.5) is 0 Å². The number of carbonyl (C=O) groups excluding carboxylic acids is 1. The minimum absolute atomic E-state index is 0. The van der Waals surface area contributed by atoms with Gasteiger partial charge in [-0.3, -0.25) is 4.79 Å². The summed E-state index contributed by atoms with van der Waals surface area (Å²) in [6.07, 6.45) is 22.1. The first-order valence-electron chi connectivity index (χ1n) is 10.2. The molecule has 24 heavy (non-hydrogen) atoms. The Kier molecular flexibility index (Phi) is 26.6. The summed E-state index contributed by atoms with van der Waals surface area (Å²) < 4.78 is 0. The Labute approximate surface area is 181 Å². The van der Waals surface area contributed by atoms with E-state index in [0.29, 0.717) is 0 Å². The first-order valence-corrected chi connectivity index (χ1v) is 10.2. The summed E-state index contributed by atoms with van der Waals surface area (Å²) in [7, 11) is 0. The minimum atomic E-state index is -0.263. The van der Waals surface area contributed by atoms with Crippen LogP contribution in [0.25, 0.3) is 0 Å². The first kappa shape index (κ1) is 26.9. The van der Waals surface area contributed by atoms with Crippen LogP contribution in [-0.2, 0) is 9.63 Å². The number of carbonyl (C=O) groups is 1. The molecular weight excluding hydrogens is 326 g/mol. The van der Waals surface area contributed by atoms with Crippen molar-refractivity contribution in [3.8, 4) is 0 Å². The van der Waals surface area contributed by atoms with E-state index in [9.17, 15) is 4.79 Å². The standard InChI is InChI=1S/C20H41NO2.Ca.2H/c1-3-4-5-6-7-8-9-10-11-12-13-14-15-16-17-18-19-21-23-20(2)22;;;/h21H,3-19H2,1-2H3;;;. The maximum absolute atomic E-state index is 10.5. The SMILES string of the molecule is CCCCCCCCCCCCCCCCCCNOC(C)=O.[CaH2]. The van der Waals surface area contributed by atoms with Crippen LogP contribution in [0.15, 0.2) is 0 Å². The van der Waals surface area contributed by atoms with Gasteiger partial charge in [-0.25, -0.2) is 0 Å². The number of hydrogen-bond donors (Lipinski definition) is 1. The maximum atomic E-state index is 10.5. The molecule has 0 unspecified atom stereocenters. The van der Waals surface area contributed by atoms with Gasteiger partial charge in [0, 0.05) is 13.5 Å². The van der Waals surface area contributed by atoms with Gasteiger partial charge in [-0.1, -0.05) is 103 Å². The molecule has 0 atom stereocenters. The molecule has 0 amide bonds. The molecular formula is C20H43CaNO2. The fourth-order valence-electron chi connectivity index (χ4n) is 2.90. The molecule has 0 aromatic carbocycles. The number of hydroxylamine groups is 1. The van der Waals surface area contributed by atoms with Crippen molar-refractivity contribution >= 4 is 43.7 Å². The van der Waals surface area contributed by atoms with Crippen molar-refractivity contribution < 1.29 is 9.63 Å². The molecule has 0 aromatic rings. The van der Waals surface area contributed by atoms with Gasteiger partial charge in [0.2, 0.25) is 0 Å². The molecule has 0 aliphatic heterocycles. The van der Waals surface area contributed by atoms with Crippen molar-refractivity contribution in [2.75, 3.05) is 6.54 Å². The Morgan fingerprint density at radius 3 is 1.33 bits per heavy atom. The Balaban J connectivity index is 0. The molecule has 0 aromatic heterocycles. The first-order chi connectivity index (χ1) is 11.3. The van der Waals surface area contributed by atoms with Gasteiger partial charge in [0.1, 0.15) is 0 Å². The van der Waals surface area contributed by atoms with Crippen LogP contribution in [0, 0.1) is 0 Å². The van der Waals surface area contributed by atoms with Gasteiger partial charge in [0.25, 0.3) is 0 Å². The van der Waals surface area contributed by atoms with Gasteiger partial charge in [0.15, 0.2) is 0 Å². The second-order valence-corrected chi connectivity index (χ2v) is 6.79. The summed E-state index contributed by atoms with van der Waals surface area (Å²) in [6.45, 7) is 4.47. The molecule has 0 radical (unpaired) electrons. The summed E-state index contributed by atoms with van der Waals surface area (Å²) in [5.74, 6) is -0.263. The average molecular weight is 370 g/mol. The third-order valence-corrected chi connectivity index (χ3v) is 4.35. The predicted octanol–water partition coefficient (Wildman–Crippen LogP) is 5.40. The molecule has 0 saturated carbocycles. The van der Waals surface area contributed by atoms with Crippen LogP contribution in [0.3, 0.4) is 0 Å². The normalized spacial score (nSPS) is 10.4. The van der Waals surface area contributed by atoms with Crippen molar-refractivity contribution in [1.29, 1.82) is 0 Å². The van der Waals surface area contributed by atoms with Crippen LogP contribution < -0.4 is 5.48 Å². The van der Waals surface area contributed by atoms with E-state index < -0.39 is 0 Å². The predicted molar refractivity (Wildman–Crippen MR) is 108 cm³/mol. The molecule has 3 nitrogen and oxygen atoms in total. The molecule has 1 N–H and O–H groups in total. The number of rotatable bonds is 18. The van der Waals surface area contributed by atoms with Crippen LogP contribution in [0.2, 0.25) is 0 Å². The topological polar surface area (TPSA) is 38.3 Å². The molecule has 0 saturated heterocycles. The van der Waals surface area contributed by atoms with E-state index in [2.05, 4.69) is 17.2 Å². The molecule has 142 valence electrons. The molecule has 0 bridgehead atoms. The Morgan fingerprint density at radius 1 is 0.667 bits per heavy atom. The van der Waals surface area contributed by atoms with E-state index in [4.69, 9.17) is 0 Å². The number of nitrogens with one attached hydrogen (secondary N) is 1. The fraction of sp³-hybridized carbons (Fsp3) is 0.950. The molecule has 0 rings (SSSR count). The van der Waals surface area contributed by atoms with E-state index in [1.165, 1.54) is 103 Å². The third kappa shape index (κ3) is 24.9. The summed E-state index contributed by atoms with van der Waals surface area (Å²) in [5, 5.41) is 0. The Morgan fingerprint density at radius 2 is 1.00 bits per heavy atom. The van der Waals surface area contributed by atoms with Gasteiger partial charge in [0.05, 0.1) is 0 Å². The molecule has 0 aliphatic rings. The van der Waals surface area contributed by atoms with Gasteiger partial charge in [-0.15, -0.1) is 0 Å². The van der Waals surface area contributed by atoms with Crippen LogP contribution in [-0.4, -0.2) is 50.3 Å². The zero-order valence-corrected chi connectivity index (χ0v) is 15.8. The molecule has 0 heterocycles. The number of hydrogen-bond acceptors (Lipinski definition) is 3.